The molecule has 0 heterocycles. The lowest BCUT2D eigenvalue weighted by molar-refractivity contribution is 0.225. The topological polar surface area (TPSA) is 18.5 Å². The van der Waals surface area contributed by atoms with E-state index in [1.807, 2.05) is 13.8 Å². The summed E-state index contributed by atoms with van der Waals surface area (Å²) in [5.74, 6) is 0.613. The number of ether oxygens (including phenoxy) is 2. The van der Waals surface area contributed by atoms with Crippen LogP contribution in [-0.2, 0) is 0 Å². The number of halogens is 1. The molecule has 0 aliphatic carbocycles. The SMILES string of the molecule is C=CCOc1cc(F)ccc1OC(C)C. The smallest absolute Gasteiger partial charge is 0.164 e. The molecule has 15 heavy (non-hydrogen) atoms. The van der Waals surface area contributed by atoms with E-state index >= 15 is 0 Å². The number of hydrogen-bond acceptors (Lipinski definition) is 2. The zero-order valence-electron chi connectivity index (χ0n) is 9.00. The minimum Gasteiger partial charge on any atom is -0.487 e. The van der Waals surface area contributed by atoms with Gasteiger partial charge in [0.25, 0.3) is 0 Å². The van der Waals surface area contributed by atoms with Gasteiger partial charge < -0.3 is 9.47 Å². The second-order valence-electron chi connectivity index (χ2n) is 3.36. The van der Waals surface area contributed by atoms with Crippen LogP contribution in [0.4, 0.5) is 4.39 Å². The molecule has 2 nitrogen and oxygen atoms in total. The molecule has 0 aliphatic rings. The van der Waals surface area contributed by atoms with Gasteiger partial charge in [-0.05, 0) is 26.0 Å². The van der Waals surface area contributed by atoms with E-state index < -0.39 is 0 Å². The summed E-state index contributed by atoms with van der Waals surface area (Å²) in [7, 11) is 0. The van der Waals surface area contributed by atoms with Crippen LogP contribution in [0.3, 0.4) is 0 Å². The van der Waals surface area contributed by atoms with Crippen LogP contribution in [0, 0.1) is 5.82 Å². The standard InChI is InChI=1S/C12H15FO2/c1-4-7-14-12-8-10(13)5-6-11(12)15-9(2)3/h4-6,8-9H,1,7H2,2-3H3. The monoisotopic (exact) mass is 210 g/mol. The number of benzene rings is 1. The molecular formula is C12H15FO2. The predicted octanol–water partition coefficient (Wildman–Crippen LogP) is 3.18. The van der Waals surface area contributed by atoms with E-state index in [-0.39, 0.29) is 11.9 Å². The molecule has 0 unspecified atom stereocenters. The molecule has 0 N–H and O–H groups in total. The van der Waals surface area contributed by atoms with Crippen LogP contribution in [0.5, 0.6) is 11.5 Å². The quantitative estimate of drug-likeness (QED) is 0.695. The molecule has 0 fully saturated rings. The Kier molecular flexibility index (Phi) is 4.16. The molecule has 0 bridgehead atoms. The van der Waals surface area contributed by atoms with Gasteiger partial charge in [-0.2, -0.15) is 0 Å². The third-order valence-corrected chi connectivity index (χ3v) is 1.63. The molecule has 0 aromatic heterocycles. The van der Waals surface area contributed by atoms with Crippen molar-refractivity contribution in [3.05, 3.63) is 36.7 Å². The highest BCUT2D eigenvalue weighted by atomic mass is 19.1. The highest BCUT2D eigenvalue weighted by molar-refractivity contribution is 5.40. The normalized spacial score (nSPS) is 10.1. The van der Waals surface area contributed by atoms with Crippen molar-refractivity contribution in [1.82, 2.24) is 0 Å². The largest absolute Gasteiger partial charge is 0.487 e. The second kappa shape index (κ2) is 5.39. The Hall–Kier alpha value is -1.51. The van der Waals surface area contributed by atoms with E-state index in [9.17, 15) is 4.39 Å². The molecule has 3 heteroatoms. The lowest BCUT2D eigenvalue weighted by atomic mass is 10.3. The number of hydrogen-bond donors (Lipinski definition) is 0. The third-order valence-electron chi connectivity index (χ3n) is 1.63. The molecule has 1 rings (SSSR count). The van der Waals surface area contributed by atoms with Crippen LogP contribution >= 0.6 is 0 Å². The summed E-state index contributed by atoms with van der Waals surface area (Å²) < 4.78 is 23.7. The first-order valence-electron chi connectivity index (χ1n) is 4.83. The Balaban J connectivity index is 2.86. The van der Waals surface area contributed by atoms with Gasteiger partial charge in [0.15, 0.2) is 11.5 Å². The van der Waals surface area contributed by atoms with Gasteiger partial charge in [-0.15, -0.1) is 0 Å². The molecule has 82 valence electrons. The van der Waals surface area contributed by atoms with Gasteiger partial charge >= 0.3 is 0 Å². The summed E-state index contributed by atoms with van der Waals surface area (Å²) in [6, 6.07) is 4.22. The average molecular weight is 210 g/mol. The second-order valence-corrected chi connectivity index (χ2v) is 3.36. The Morgan fingerprint density at radius 1 is 1.40 bits per heavy atom. The molecule has 0 saturated carbocycles. The predicted molar refractivity (Wildman–Crippen MR) is 57.9 cm³/mol. The van der Waals surface area contributed by atoms with Crippen LogP contribution in [0.25, 0.3) is 0 Å². The van der Waals surface area contributed by atoms with Gasteiger partial charge in [-0.1, -0.05) is 12.7 Å². The molecule has 0 atom stereocenters. The van der Waals surface area contributed by atoms with Crippen LogP contribution in [0.15, 0.2) is 30.9 Å². The maximum atomic E-state index is 13.0. The van der Waals surface area contributed by atoms with Crippen LogP contribution in [0.1, 0.15) is 13.8 Å². The maximum Gasteiger partial charge on any atom is 0.164 e. The summed E-state index contributed by atoms with van der Waals surface area (Å²) in [6.45, 7) is 7.67. The first-order chi connectivity index (χ1) is 7.13. The van der Waals surface area contributed by atoms with E-state index in [1.165, 1.54) is 12.1 Å². The Bertz CT molecular complexity index is 334. The van der Waals surface area contributed by atoms with Crippen molar-refractivity contribution in [3.63, 3.8) is 0 Å². The van der Waals surface area contributed by atoms with Crippen LogP contribution < -0.4 is 9.47 Å². The molecule has 0 aliphatic heterocycles. The molecule has 0 saturated heterocycles. The zero-order chi connectivity index (χ0) is 11.3. The van der Waals surface area contributed by atoms with Gasteiger partial charge in [-0.3, -0.25) is 0 Å². The fourth-order valence-corrected chi connectivity index (χ4v) is 1.09. The summed E-state index contributed by atoms with van der Waals surface area (Å²) in [5.41, 5.74) is 0. The first-order valence-corrected chi connectivity index (χ1v) is 4.83. The Morgan fingerprint density at radius 3 is 2.73 bits per heavy atom. The van der Waals surface area contributed by atoms with Crippen LogP contribution in [0.2, 0.25) is 0 Å². The molecule has 1 aromatic rings. The minimum absolute atomic E-state index is 0.0292. The summed E-state index contributed by atoms with van der Waals surface area (Å²) >= 11 is 0. The van der Waals surface area contributed by atoms with Gasteiger partial charge in [-0.25, -0.2) is 4.39 Å². The summed E-state index contributed by atoms with van der Waals surface area (Å²) in [6.07, 6.45) is 1.63. The molecular weight excluding hydrogens is 195 g/mol. The maximum absolute atomic E-state index is 13.0. The van der Waals surface area contributed by atoms with E-state index in [1.54, 1.807) is 12.1 Å². The molecule has 0 spiro atoms. The fraction of sp³-hybridized carbons (Fsp3) is 0.333. The fourth-order valence-electron chi connectivity index (χ4n) is 1.09. The molecule has 0 radical (unpaired) electrons. The van der Waals surface area contributed by atoms with Crippen molar-refractivity contribution in [3.8, 4) is 11.5 Å². The van der Waals surface area contributed by atoms with Gasteiger partial charge in [0, 0.05) is 6.07 Å². The first kappa shape index (κ1) is 11.6. The number of rotatable bonds is 5. The summed E-state index contributed by atoms with van der Waals surface area (Å²) in [4.78, 5) is 0. The highest BCUT2D eigenvalue weighted by Gasteiger charge is 2.07. The zero-order valence-corrected chi connectivity index (χ0v) is 9.00. The van der Waals surface area contributed by atoms with Crippen molar-refractivity contribution in [2.75, 3.05) is 6.61 Å². The Labute approximate surface area is 89.3 Å². The van der Waals surface area contributed by atoms with Gasteiger partial charge in [0.05, 0.1) is 6.10 Å². The molecule has 1 aromatic carbocycles. The van der Waals surface area contributed by atoms with E-state index in [4.69, 9.17) is 9.47 Å². The van der Waals surface area contributed by atoms with Crippen molar-refractivity contribution >= 4 is 0 Å². The van der Waals surface area contributed by atoms with E-state index in [2.05, 4.69) is 6.58 Å². The lowest BCUT2D eigenvalue weighted by Crippen LogP contribution is -2.07. The van der Waals surface area contributed by atoms with Crippen molar-refractivity contribution < 1.29 is 13.9 Å². The van der Waals surface area contributed by atoms with Gasteiger partial charge in [0.2, 0.25) is 0 Å². The van der Waals surface area contributed by atoms with Gasteiger partial charge in [0.1, 0.15) is 12.4 Å². The van der Waals surface area contributed by atoms with E-state index in [0.717, 1.165) is 0 Å². The average Bonchev–Trinajstić information content (AvgIpc) is 2.18. The molecule has 0 amide bonds. The van der Waals surface area contributed by atoms with Crippen molar-refractivity contribution in [1.29, 1.82) is 0 Å². The lowest BCUT2D eigenvalue weighted by Gasteiger charge is -2.14. The Morgan fingerprint density at radius 2 is 2.13 bits per heavy atom. The third kappa shape index (κ3) is 3.62. The van der Waals surface area contributed by atoms with E-state index in [0.29, 0.717) is 18.1 Å². The minimum atomic E-state index is -0.342. The highest BCUT2D eigenvalue weighted by Crippen LogP contribution is 2.28. The van der Waals surface area contributed by atoms with Crippen molar-refractivity contribution in [2.24, 2.45) is 0 Å². The summed E-state index contributed by atoms with van der Waals surface area (Å²) in [5, 5.41) is 0. The van der Waals surface area contributed by atoms with Crippen LogP contribution in [-0.4, -0.2) is 12.7 Å². The van der Waals surface area contributed by atoms with Crippen molar-refractivity contribution in [2.45, 2.75) is 20.0 Å².